The fourth-order valence-corrected chi connectivity index (χ4v) is 3.27. The summed E-state index contributed by atoms with van der Waals surface area (Å²) < 4.78 is 10.4. The van der Waals surface area contributed by atoms with Crippen LogP contribution in [0.1, 0.15) is 25.2 Å². The minimum atomic E-state index is -0.960. The molecule has 128 valence electrons. The average molecular weight is 351 g/mol. The summed E-state index contributed by atoms with van der Waals surface area (Å²) in [6.45, 7) is 0.662. The van der Waals surface area contributed by atoms with Crippen molar-refractivity contribution in [1.82, 2.24) is 15.5 Å². The number of aromatic nitrogens is 2. The number of aryl methyl sites for hydroxylation is 1. The molecule has 1 saturated heterocycles. The van der Waals surface area contributed by atoms with Gasteiger partial charge in [0.25, 0.3) is 0 Å². The van der Waals surface area contributed by atoms with Crippen molar-refractivity contribution >= 4 is 23.2 Å². The van der Waals surface area contributed by atoms with Crippen LogP contribution < -0.4 is 5.32 Å². The summed E-state index contributed by atoms with van der Waals surface area (Å²) >= 11 is 1.51. The lowest BCUT2D eigenvalue weighted by atomic mass is 9.94. The van der Waals surface area contributed by atoms with E-state index in [4.69, 9.17) is 14.4 Å². The molecule has 24 heavy (non-hydrogen) atoms. The molecule has 1 fully saturated rings. The van der Waals surface area contributed by atoms with Crippen molar-refractivity contribution in [1.29, 1.82) is 0 Å². The van der Waals surface area contributed by atoms with Crippen LogP contribution in [0.2, 0.25) is 0 Å². The minimum absolute atomic E-state index is 0.146. The highest BCUT2D eigenvalue weighted by molar-refractivity contribution is 7.13. The summed E-state index contributed by atoms with van der Waals surface area (Å²) in [6.07, 6.45) is 0.789. The molecule has 8 nitrogen and oxygen atoms in total. The molecule has 1 aliphatic rings. The number of carbonyl (C=O) groups is 2. The second kappa shape index (κ2) is 7.10. The normalized spacial score (nSPS) is 20.2. The van der Waals surface area contributed by atoms with Crippen molar-refractivity contribution < 1.29 is 24.0 Å². The summed E-state index contributed by atoms with van der Waals surface area (Å²) in [5.74, 6) is -0.327. The standard InChI is InChI=1S/C15H17N3O5S/c19-11(17-15(8-13(20)21)5-6-22-9-15)3-4-12-16-14(18-23-12)10-2-1-7-24-10/h1-2,7H,3-6,8-9H2,(H,17,19)(H,20,21). The summed E-state index contributed by atoms with van der Waals surface area (Å²) in [4.78, 5) is 28.3. The molecule has 3 heterocycles. The van der Waals surface area contributed by atoms with Crippen molar-refractivity contribution in [2.45, 2.75) is 31.2 Å². The van der Waals surface area contributed by atoms with Gasteiger partial charge in [0.1, 0.15) is 0 Å². The van der Waals surface area contributed by atoms with Crippen LogP contribution in [0.3, 0.4) is 0 Å². The van der Waals surface area contributed by atoms with Gasteiger partial charge >= 0.3 is 5.97 Å². The molecule has 1 atom stereocenters. The van der Waals surface area contributed by atoms with E-state index < -0.39 is 11.5 Å². The van der Waals surface area contributed by atoms with E-state index in [0.717, 1.165) is 4.88 Å². The van der Waals surface area contributed by atoms with E-state index in [0.29, 0.717) is 31.2 Å². The van der Waals surface area contributed by atoms with Crippen LogP contribution in [0, 0.1) is 0 Å². The van der Waals surface area contributed by atoms with Crippen LogP contribution in [0.4, 0.5) is 0 Å². The van der Waals surface area contributed by atoms with Crippen LogP contribution >= 0.6 is 11.3 Å². The van der Waals surface area contributed by atoms with E-state index in [-0.39, 0.29) is 25.4 Å². The third-order valence-electron chi connectivity index (χ3n) is 3.77. The first-order chi connectivity index (χ1) is 11.6. The Morgan fingerprint density at radius 2 is 2.33 bits per heavy atom. The lowest BCUT2D eigenvalue weighted by molar-refractivity contribution is -0.139. The summed E-state index contributed by atoms with van der Waals surface area (Å²) in [7, 11) is 0. The first kappa shape index (κ1) is 16.6. The molecule has 2 aromatic rings. The maximum Gasteiger partial charge on any atom is 0.305 e. The molecule has 2 aromatic heterocycles. The van der Waals surface area contributed by atoms with Gasteiger partial charge in [0, 0.05) is 19.4 Å². The van der Waals surface area contributed by atoms with Crippen LogP contribution in [-0.2, 0) is 20.7 Å². The van der Waals surface area contributed by atoms with Gasteiger partial charge in [-0.25, -0.2) is 0 Å². The number of thiophene rings is 1. The van der Waals surface area contributed by atoms with Crippen LogP contribution in [0.5, 0.6) is 0 Å². The van der Waals surface area contributed by atoms with Gasteiger partial charge in [0.15, 0.2) is 0 Å². The number of ether oxygens (including phenoxy) is 1. The van der Waals surface area contributed by atoms with Crippen LogP contribution in [0.15, 0.2) is 22.0 Å². The zero-order valence-corrected chi connectivity index (χ0v) is 13.7. The van der Waals surface area contributed by atoms with E-state index in [1.165, 1.54) is 11.3 Å². The van der Waals surface area contributed by atoms with E-state index in [1.54, 1.807) is 0 Å². The number of aliphatic carboxylic acids is 1. The molecule has 0 aliphatic carbocycles. The molecule has 1 aliphatic heterocycles. The van der Waals surface area contributed by atoms with Crippen molar-refractivity contribution in [3.05, 3.63) is 23.4 Å². The Morgan fingerprint density at radius 1 is 1.46 bits per heavy atom. The molecule has 9 heteroatoms. The molecule has 0 radical (unpaired) electrons. The molecular weight excluding hydrogens is 334 g/mol. The summed E-state index contributed by atoms with van der Waals surface area (Å²) in [5, 5.41) is 17.6. The van der Waals surface area contributed by atoms with Crippen molar-refractivity contribution in [3.63, 3.8) is 0 Å². The third-order valence-corrected chi connectivity index (χ3v) is 4.64. The summed E-state index contributed by atoms with van der Waals surface area (Å²) in [5.41, 5.74) is -0.820. The smallest absolute Gasteiger partial charge is 0.305 e. The first-order valence-corrected chi connectivity index (χ1v) is 8.41. The highest BCUT2D eigenvalue weighted by atomic mass is 32.1. The number of hydrogen-bond acceptors (Lipinski definition) is 7. The largest absolute Gasteiger partial charge is 0.481 e. The van der Waals surface area contributed by atoms with E-state index >= 15 is 0 Å². The highest BCUT2D eigenvalue weighted by Crippen LogP contribution is 2.24. The zero-order valence-electron chi connectivity index (χ0n) is 12.9. The zero-order chi connectivity index (χ0) is 17.0. The second-order valence-corrected chi connectivity index (χ2v) is 6.64. The number of nitrogens with zero attached hydrogens (tertiary/aromatic N) is 2. The number of amides is 1. The third kappa shape index (κ3) is 3.98. The van der Waals surface area contributed by atoms with Crippen molar-refractivity contribution in [3.8, 4) is 10.7 Å². The second-order valence-electron chi connectivity index (χ2n) is 5.69. The number of carboxylic acid groups (broad SMARTS) is 1. The number of carboxylic acids is 1. The number of nitrogens with one attached hydrogen (secondary N) is 1. The predicted molar refractivity (Wildman–Crippen MR) is 84.5 cm³/mol. The van der Waals surface area contributed by atoms with Gasteiger partial charge in [-0.15, -0.1) is 11.3 Å². The lowest BCUT2D eigenvalue weighted by Crippen LogP contribution is -2.50. The topological polar surface area (TPSA) is 115 Å². The Hall–Kier alpha value is -2.26. The van der Waals surface area contributed by atoms with Gasteiger partial charge in [0.2, 0.25) is 17.6 Å². The average Bonchev–Trinajstić information content (AvgIpc) is 3.26. The Morgan fingerprint density at radius 3 is 3.00 bits per heavy atom. The van der Waals surface area contributed by atoms with Gasteiger partial charge in [-0.3, -0.25) is 9.59 Å². The minimum Gasteiger partial charge on any atom is -0.481 e. The van der Waals surface area contributed by atoms with Gasteiger partial charge in [0.05, 0.1) is 23.4 Å². The van der Waals surface area contributed by atoms with Gasteiger partial charge < -0.3 is 19.7 Å². The maximum absolute atomic E-state index is 12.1. The van der Waals surface area contributed by atoms with E-state index in [1.807, 2.05) is 17.5 Å². The SMILES string of the molecule is O=C(O)CC1(NC(=O)CCc2nc(-c3cccs3)no2)CCOC1. The molecule has 0 aromatic carbocycles. The summed E-state index contributed by atoms with van der Waals surface area (Å²) in [6, 6.07) is 3.79. The van der Waals surface area contributed by atoms with Crippen LogP contribution in [-0.4, -0.2) is 45.9 Å². The fraction of sp³-hybridized carbons (Fsp3) is 0.467. The maximum atomic E-state index is 12.1. The Balaban J connectivity index is 1.54. The van der Waals surface area contributed by atoms with Gasteiger partial charge in [-0.1, -0.05) is 11.2 Å². The van der Waals surface area contributed by atoms with Crippen molar-refractivity contribution in [2.24, 2.45) is 0 Å². The predicted octanol–water partition coefficient (Wildman–Crippen LogP) is 1.48. The van der Waals surface area contributed by atoms with Gasteiger partial charge in [-0.05, 0) is 17.9 Å². The number of carbonyl (C=O) groups excluding carboxylic acids is 1. The van der Waals surface area contributed by atoms with E-state index in [2.05, 4.69) is 15.5 Å². The lowest BCUT2D eigenvalue weighted by Gasteiger charge is -2.26. The van der Waals surface area contributed by atoms with E-state index in [9.17, 15) is 9.59 Å². The molecule has 1 unspecified atom stereocenters. The highest BCUT2D eigenvalue weighted by Gasteiger charge is 2.38. The molecule has 2 N–H and O–H groups in total. The molecular formula is C15H17N3O5S. The Bertz CT molecular complexity index is 707. The molecule has 0 bridgehead atoms. The molecule has 3 rings (SSSR count). The Labute approximate surface area is 141 Å². The van der Waals surface area contributed by atoms with Crippen LogP contribution in [0.25, 0.3) is 10.7 Å². The number of rotatable bonds is 7. The fourth-order valence-electron chi connectivity index (χ4n) is 2.62. The van der Waals surface area contributed by atoms with Gasteiger partial charge in [-0.2, -0.15) is 4.98 Å². The number of hydrogen-bond donors (Lipinski definition) is 2. The van der Waals surface area contributed by atoms with Crippen molar-refractivity contribution in [2.75, 3.05) is 13.2 Å². The molecule has 1 amide bonds. The molecule has 0 saturated carbocycles. The first-order valence-electron chi connectivity index (χ1n) is 7.53. The Kier molecular flexibility index (Phi) is 4.91. The quantitative estimate of drug-likeness (QED) is 0.776. The monoisotopic (exact) mass is 351 g/mol. The molecule has 0 spiro atoms.